The number of nitrogens with zero attached hydrogens (tertiary/aromatic N) is 4. The number of ether oxygens (including phenoxy) is 1. The summed E-state index contributed by atoms with van der Waals surface area (Å²) in [6.07, 6.45) is 44.6. The molecule has 7 heterocycles. The fraction of sp³-hybridized carbons (Fsp3) is 0.182. The summed E-state index contributed by atoms with van der Waals surface area (Å²) in [6.45, 7) is 5.04. The molecule has 7 nitrogen and oxygen atoms in total. The molecular weight excluding hydrogens is 893 g/mol. The molecule has 8 bridgehead atoms. The third kappa shape index (κ3) is 10.8. The van der Waals surface area contributed by atoms with Crippen molar-refractivity contribution in [2.24, 2.45) is 9.98 Å². The molecule has 0 saturated heterocycles. The molecule has 7 aliphatic rings. The summed E-state index contributed by atoms with van der Waals surface area (Å²) in [5.41, 5.74) is 18.4. The lowest BCUT2D eigenvalue weighted by molar-refractivity contribution is -0.388. The Hall–Kier alpha value is -8.42. The Morgan fingerprint density at radius 1 is 0.397 bits per heavy atom. The molecule has 4 aromatic carbocycles. The van der Waals surface area contributed by atoms with E-state index in [1.54, 1.807) is 0 Å². The van der Waals surface area contributed by atoms with Gasteiger partial charge in [0.15, 0.2) is 0 Å². The van der Waals surface area contributed by atoms with Crippen molar-refractivity contribution in [1.82, 2.24) is 9.80 Å². The van der Waals surface area contributed by atoms with Gasteiger partial charge < -0.3 is 14.5 Å². The molecule has 0 aliphatic carbocycles. The van der Waals surface area contributed by atoms with Crippen LogP contribution in [0, 0.1) is 0 Å². The Bertz CT molecular complexity index is 3230. The van der Waals surface area contributed by atoms with Crippen LogP contribution >= 0.6 is 0 Å². The van der Waals surface area contributed by atoms with Gasteiger partial charge in [-0.3, -0.25) is 0 Å². The Morgan fingerprint density at radius 2 is 0.849 bits per heavy atom. The van der Waals surface area contributed by atoms with Gasteiger partial charge in [-0.15, -0.1) is 0 Å². The maximum absolute atomic E-state index is 6.34. The first-order valence-corrected chi connectivity index (χ1v) is 26.2. The minimum atomic E-state index is 0.702. The number of allylic oxidation sites excluding steroid dienone is 18. The lowest BCUT2D eigenvalue weighted by Crippen LogP contribution is -2.71. The summed E-state index contributed by atoms with van der Waals surface area (Å²) < 4.78 is 6.34. The predicted molar refractivity (Wildman–Crippen MR) is 302 cm³/mol. The number of unbranched alkanes of at least 4 members (excludes halogenated alkanes) is 6. The molecule has 4 aromatic rings. The molecule has 2 N–H and O–H groups in total. The maximum atomic E-state index is 6.34. The predicted octanol–water partition coefficient (Wildman–Crippen LogP) is 11.4. The zero-order chi connectivity index (χ0) is 49.2. The molecule has 0 saturated carbocycles. The highest BCUT2D eigenvalue weighted by molar-refractivity contribution is 6.37. The Balaban J connectivity index is 0.786. The molecule has 0 amide bonds. The summed E-state index contributed by atoms with van der Waals surface area (Å²) in [4.78, 5) is 23.2. The fourth-order valence-corrected chi connectivity index (χ4v) is 10.3. The Kier molecular flexibility index (Phi) is 14.4. The van der Waals surface area contributed by atoms with Gasteiger partial charge in [0.2, 0.25) is 22.8 Å². The number of fused-ring (bicyclic) bond motifs is 4. The van der Waals surface area contributed by atoms with E-state index in [2.05, 4.69) is 240 Å². The van der Waals surface area contributed by atoms with Crippen LogP contribution in [0.5, 0.6) is 5.75 Å². The second kappa shape index (κ2) is 22.3. The normalized spacial score (nSPS) is 17.5. The zero-order valence-electron chi connectivity index (χ0n) is 41.7. The van der Waals surface area contributed by atoms with E-state index in [0.717, 1.165) is 122 Å². The molecule has 0 fully saturated rings. The van der Waals surface area contributed by atoms with Crippen LogP contribution in [0.15, 0.2) is 257 Å². The number of aliphatic imine (C=N–C) groups is 2. The van der Waals surface area contributed by atoms with Crippen LogP contribution in [-0.2, 0) is 0 Å². The van der Waals surface area contributed by atoms with Crippen LogP contribution in [0.1, 0.15) is 80.5 Å². The zero-order valence-corrected chi connectivity index (χ0v) is 41.7. The van der Waals surface area contributed by atoms with Crippen molar-refractivity contribution in [2.45, 2.75) is 58.3 Å². The van der Waals surface area contributed by atoms with Gasteiger partial charge in [0.1, 0.15) is 11.3 Å². The van der Waals surface area contributed by atoms with Crippen LogP contribution in [0.2, 0.25) is 0 Å². The van der Waals surface area contributed by atoms with Crippen LogP contribution in [-0.4, -0.2) is 52.3 Å². The SMILES string of the molecule is CCCN1C=CC(=C2C=CN(CCCCCCCCCOc3ccc(C4=C5C=CC(=N5)C(c5ccccc5)=C5C=CC(=[NH+]5)C(c5ccccc5)=C5C=CC(=[NH+]5)C(c5ccccc5)=C5C=CC4=N5)cc3)C=C2)C=C1. The van der Waals surface area contributed by atoms with Gasteiger partial charge in [0, 0.05) is 67.8 Å². The fourth-order valence-electron chi connectivity index (χ4n) is 10.3. The van der Waals surface area contributed by atoms with Crippen molar-refractivity contribution in [3.63, 3.8) is 0 Å². The summed E-state index contributed by atoms with van der Waals surface area (Å²) in [7, 11) is 0. The number of hydrogen-bond donors (Lipinski definition) is 2. The largest absolute Gasteiger partial charge is 0.494 e. The van der Waals surface area contributed by atoms with E-state index in [9.17, 15) is 0 Å². The highest BCUT2D eigenvalue weighted by atomic mass is 16.5. The molecule has 7 heteroatoms. The summed E-state index contributed by atoms with van der Waals surface area (Å²) in [5.74, 6) is 0.871. The Labute approximate surface area is 430 Å². The highest BCUT2D eigenvalue weighted by Crippen LogP contribution is 2.35. The number of benzene rings is 4. The Morgan fingerprint density at radius 3 is 1.42 bits per heavy atom. The second-order valence-corrected chi connectivity index (χ2v) is 19.1. The van der Waals surface area contributed by atoms with Crippen molar-refractivity contribution in [3.05, 3.63) is 269 Å². The average Bonchev–Trinajstić information content (AvgIpc) is 4.30. The number of hydrogen-bond acceptors (Lipinski definition) is 5. The van der Waals surface area contributed by atoms with E-state index in [0.29, 0.717) is 6.61 Å². The van der Waals surface area contributed by atoms with Gasteiger partial charge in [-0.1, -0.05) is 142 Å². The molecule has 0 unspecified atom stereocenters. The van der Waals surface area contributed by atoms with E-state index < -0.39 is 0 Å². The van der Waals surface area contributed by atoms with Gasteiger partial charge in [-0.05, 0) is 113 Å². The smallest absolute Gasteiger partial charge is 0.218 e. The van der Waals surface area contributed by atoms with Gasteiger partial charge in [-0.2, -0.15) is 0 Å². The van der Waals surface area contributed by atoms with Crippen molar-refractivity contribution in [1.29, 1.82) is 0 Å². The first-order chi connectivity index (χ1) is 36.1. The first-order valence-electron chi connectivity index (χ1n) is 26.2. The summed E-state index contributed by atoms with van der Waals surface area (Å²) in [5, 5.41) is 0. The molecule has 0 radical (unpaired) electrons. The maximum Gasteiger partial charge on any atom is 0.218 e. The standard InChI is InChI=1S/C66H60N6O/c1-2-41-71-43-37-48(38-44-71)49-39-45-72(46-40-49)42-17-6-4-3-5-7-18-47-73-54-27-25-53(26-28-54)66-61-35-33-59(69-61)64(51-21-13-9-14-22-51)57-31-29-55(67-57)63(50-19-11-8-12-20-50)56-30-32-58(68-56)65(52-23-15-10-16-24-52)60-34-36-62(66)70-60/h8-16,19-40,43-46H,2-7,17-18,41-42,47H2,1H3/p+2. The van der Waals surface area contributed by atoms with Crippen molar-refractivity contribution >= 4 is 45.1 Å². The minimum absolute atomic E-state index is 0.702. The summed E-state index contributed by atoms with van der Waals surface area (Å²) >= 11 is 0. The van der Waals surface area contributed by atoms with Crippen LogP contribution in [0.4, 0.5) is 0 Å². The number of rotatable bonds is 17. The van der Waals surface area contributed by atoms with E-state index in [1.165, 1.54) is 49.7 Å². The highest BCUT2D eigenvalue weighted by Gasteiger charge is 2.33. The van der Waals surface area contributed by atoms with Gasteiger partial charge >= 0.3 is 0 Å². The average molecular weight is 955 g/mol. The first kappa shape index (κ1) is 46.9. The lowest BCUT2D eigenvalue weighted by Gasteiger charge is -2.21. The van der Waals surface area contributed by atoms with Crippen molar-refractivity contribution in [3.8, 4) is 5.75 Å². The molecule has 7 aliphatic heterocycles. The van der Waals surface area contributed by atoms with Gasteiger partial charge in [-0.25, -0.2) is 20.0 Å². The topological polar surface area (TPSA) is 68.4 Å². The van der Waals surface area contributed by atoms with Crippen molar-refractivity contribution in [2.75, 3.05) is 19.7 Å². The van der Waals surface area contributed by atoms with E-state index in [4.69, 9.17) is 14.7 Å². The van der Waals surface area contributed by atoms with E-state index in [1.807, 2.05) is 0 Å². The molecule has 0 aromatic heterocycles. The quantitative estimate of drug-likeness (QED) is 0.104. The van der Waals surface area contributed by atoms with Gasteiger partial charge in [0.25, 0.3) is 0 Å². The van der Waals surface area contributed by atoms with Crippen LogP contribution < -0.4 is 14.7 Å². The summed E-state index contributed by atoms with van der Waals surface area (Å²) in [6, 6.07) is 40.2. The van der Waals surface area contributed by atoms with E-state index >= 15 is 0 Å². The van der Waals surface area contributed by atoms with E-state index in [-0.39, 0.29) is 0 Å². The van der Waals surface area contributed by atoms with Crippen LogP contribution in [0.3, 0.4) is 0 Å². The molecule has 360 valence electrons. The molecular formula is C66H62N6O+2. The minimum Gasteiger partial charge on any atom is -0.494 e. The third-order valence-electron chi connectivity index (χ3n) is 14.0. The van der Waals surface area contributed by atoms with Crippen LogP contribution in [0.25, 0.3) is 22.3 Å². The lowest BCUT2D eigenvalue weighted by atomic mass is 9.98. The monoisotopic (exact) mass is 954 g/mol. The second-order valence-electron chi connectivity index (χ2n) is 19.1. The molecule has 0 spiro atoms. The molecule has 0 atom stereocenters. The third-order valence-corrected chi connectivity index (χ3v) is 14.0. The van der Waals surface area contributed by atoms with Gasteiger partial charge in [0.05, 0.1) is 40.6 Å². The molecule has 73 heavy (non-hydrogen) atoms. The number of nitrogens with one attached hydrogen (secondary N) is 2. The molecule has 11 rings (SSSR count). The van der Waals surface area contributed by atoms with Crippen molar-refractivity contribution < 1.29 is 14.7 Å².